The van der Waals surface area contributed by atoms with Gasteiger partial charge in [-0.2, -0.15) is 5.10 Å². The van der Waals surface area contributed by atoms with Crippen molar-refractivity contribution in [1.82, 2.24) is 19.7 Å². The molecule has 2 aromatic heterocycles. The lowest BCUT2D eigenvalue weighted by atomic mass is 10.1. The molecule has 0 saturated heterocycles. The van der Waals surface area contributed by atoms with Crippen LogP contribution in [0.2, 0.25) is 0 Å². The second kappa shape index (κ2) is 5.91. The number of nitrogens with one attached hydrogen (secondary N) is 1. The van der Waals surface area contributed by atoms with E-state index in [9.17, 15) is 0 Å². The van der Waals surface area contributed by atoms with Crippen LogP contribution in [0.25, 0.3) is 11.4 Å². The summed E-state index contributed by atoms with van der Waals surface area (Å²) < 4.78 is 3.69. The first kappa shape index (κ1) is 14.2. The van der Waals surface area contributed by atoms with Crippen molar-refractivity contribution < 1.29 is 0 Å². The van der Waals surface area contributed by atoms with Gasteiger partial charge >= 0.3 is 0 Å². The first-order valence-corrected chi connectivity index (χ1v) is 7.69. The zero-order valence-corrected chi connectivity index (χ0v) is 13.7. The van der Waals surface area contributed by atoms with Crippen molar-refractivity contribution in [3.05, 3.63) is 63.6 Å². The number of benzene rings is 1. The molecule has 0 aliphatic rings. The number of rotatable bonds is 3. The Morgan fingerprint density at radius 2 is 1.81 bits per heavy atom. The third-order valence-electron chi connectivity index (χ3n) is 3.38. The molecular weight excluding hydrogens is 348 g/mol. The molecule has 1 N–H and O–H groups in total. The highest BCUT2D eigenvalue weighted by molar-refractivity contribution is 9.10. The van der Waals surface area contributed by atoms with Crippen molar-refractivity contribution in [2.75, 3.05) is 0 Å². The third-order valence-corrected chi connectivity index (χ3v) is 4.20. The summed E-state index contributed by atoms with van der Waals surface area (Å²) in [6.07, 6.45) is 3.50. The lowest BCUT2D eigenvalue weighted by Crippen LogP contribution is -2.08. The van der Waals surface area contributed by atoms with E-state index < -0.39 is 0 Å². The Morgan fingerprint density at radius 3 is 2.48 bits per heavy atom. The number of nitrogens with zero attached hydrogens (tertiary/aromatic N) is 3. The summed E-state index contributed by atoms with van der Waals surface area (Å²) in [7, 11) is 0. The number of aromatic nitrogens is 4. The van der Waals surface area contributed by atoms with Crippen molar-refractivity contribution in [2.45, 2.75) is 13.0 Å². The van der Waals surface area contributed by atoms with Gasteiger partial charge in [0.1, 0.15) is 0 Å². The Labute approximate surface area is 136 Å². The van der Waals surface area contributed by atoms with Crippen molar-refractivity contribution >= 4 is 28.1 Å². The van der Waals surface area contributed by atoms with E-state index in [1.807, 2.05) is 28.8 Å². The van der Waals surface area contributed by atoms with Gasteiger partial charge in [-0.05, 0) is 49.0 Å². The van der Waals surface area contributed by atoms with Gasteiger partial charge in [-0.15, -0.1) is 0 Å². The SMILES string of the molecule is CC(c1ccc(Br)cc1)n1c(-c2ccncc2)n[nH]c1=S. The van der Waals surface area contributed by atoms with Gasteiger partial charge in [-0.25, -0.2) is 0 Å². The fraction of sp³-hybridized carbons (Fsp3) is 0.133. The van der Waals surface area contributed by atoms with Gasteiger partial charge in [0, 0.05) is 22.4 Å². The third kappa shape index (κ3) is 2.82. The van der Waals surface area contributed by atoms with Crippen LogP contribution in [0.15, 0.2) is 53.3 Å². The zero-order chi connectivity index (χ0) is 14.8. The van der Waals surface area contributed by atoms with Gasteiger partial charge in [-0.3, -0.25) is 14.6 Å². The van der Waals surface area contributed by atoms with Crippen LogP contribution in [0.3, 0.4) is 0 Å². The molecule has 1 aromatic carbocycles. The number of aromatic amines is 1. The van der Waals surface area contributed by atoms with E-state index in [0.29, 0.717) is 4.77 Å². The summed E-state index contributed by atoms with van der Waals surface area (Å²) in [6, 6.07) is 12.2. The molecule has 3 rings (SSSR count). The molecule has 1 atom stereocenters. The van der Waals surface area contributed by atoms with Gasteiger partial charge in [0.25, 0.3) is 0 Å². The zero-order valence-electron chi connectivity index (χ0n) is 11.3. The summed E-state index contributed by atoms with van der Waals surface area (Å²) >= 11 is 8.85. The molecule has 0 spiro atoms. The van der Waals surface area contributed by atoms with Crippen LogP contribution in [-0.2, 0) is 0 Å². The lowest BCUT2D eigenvalue weighted by molar-refractivity contribution is 0.635. The number of pyridine rings is 1. The molecule has 21 heavy (non-hydrogen) atoms. The number of hydrogen-bond acceptors (Lipinski definition) is 3. The highest BCUT2D eigenvalue weighted by atomic mass is 79.9. The maximum atomic E-state index is 5.39. The van der Waals surface area contributed by atoms with Gasteiger partial charge in [-0.1, -0.05) is 28.1 Å². The fourth-order valence-electron chi connectivity index (χ4n) is 2.26. The first-order valence-electron chi connectivity index (χ1n) is 6.49. The fourth-order valence-corrected chi connectivity index (χ4v) is 2.81. The van der Waals surface area contributed by atoms with Gasteiger partial charge in [0.15, 0.2) is 10.6 Å². The Kier molecular flexibility index (Phi) is 3.98. The smallest absolute Gasteiger partial charge is 0.196 e. The first-order chi connectivity index (χ1) is 10.2. The quantitative estimate of drug-likeness (QED) is 0.705. The van der Waals surface area contributed by atoms with E-state index in [-0.39, 0.29) is 6.04 Å². The monoisotopic (exact) mass is 360 g/mol. The number of halogens is 1. The molecule has 2 heterocycles. The average molecular weight is 361 g/mol. The average Bonchev–Trinajstić information content (AvgIpc) is 2.90. The predicted octanol–water partition coefficient (Wildman–Crippen LogP) is 4.37. The van der Waals surface area contributed by atoms with Gasteiger partial charge in [0.05, 0.1) is 6.04 Å². The maximum absolute atomic E-state index is 5.39. The molecule has 0 aliphatic heterocycles. The highest BCUT2D eigenvalue weighted by Crippen LogP contribution is 2.26. The minimum Gasteiger partial charge on any atom is -0.293 e. The topological polar surface area (TPSA) is 46.5 Å². The van der Waals surface area contributed by atoms with E-state index >= 15 is 0 Å². The summed E-state index contributed by atoms with van der Waals surface area (Å²) in [5, 5.41) is 7.24. The largest absolute Gasteiger partial charge is 0.293 e. The van der Waals surface area contributed by atoms with Crippen LogP contribution in [0.1, 0.15) is 18.5 Å². The van der Waals surface area contributed by atoms with E-state index in [4.69, 9.17) is 12.2 Å². The summed E-state index contributed by atoms with van der Waals surface area (Å²) in [5.41, 5.74) is 2.16. The molecule has 0 amide bonds. The van der Waals surface area contributed by atoms with E-state index in [0.717, 1.165) is 15.9 Å². The summed E-state index contributed by atoms with van der Waals surface area (Å²) in [4.78, 5) is 4.04. The maximum Gasteiger partial charge on any atom is 0.196 e. The Balaban J connectivity index is 2.08. The van der Waals surface area contributed by atoms with Crippen LogP contribution in [0.5, 0.6) is 0 Å². The minimum atomic E-state index is 0.0903. The molecule has 6 heteroatoms. The van der Waals surface area contributed by atoms with Gasteiger partial charge < -0.3 is 0 Å². The normalized spacial score (nSPS) is 12.3. The van der Waals surface area contributed by atoms with E-state index in [2.05, 4.69) is 50.2 Å². The molecular formula is C15H13BrN4S. The standard InChI is InChI=1S/C15H13BrN4S/c1-10(11-2-4-13(16)5-3-11)20-14(18-19-15(20)21)12-6-8-17-9-7-12/h2-10H,1H3,(H,19,21). The second-order valence-corrected chi connectivity index (χ2v) is 5.99. The van der Waals surface area contributed by atoms with E-state index in [1.165, 1.54) is 5.56 Å². The predicted molar refractivity (Wildman–Crippen MR) is 88.6 cm³/mol. The molecule has 0 bridgehead atoms. The van der Waals surface area contributed by atoms with Crippen LogP contribution in [0.4, 0.5) is 0 Å². The molecule has 4 nitrogen and oxygen atoms in total. The highest BCUT2D eigenvalue weighted by Gasteiger charge is 2.15. The van der Waals surface area contributed by atoms with Crippen LogP contribution >= 0.6 is 28.1 Å². The molecule has 0 radical (unpaired) electrons. The number of H-pyrrole nitrogens is 1. The summed E-state index contributed by atoms with van der Waals surface area (Å²) in [6.45, 7) is 2.11. The van der Waals surface area contributed by atoms with Crippen molar-refractivity contribution in [2.24, 2.45) is 0 Å². The molecule has 0 saturated carbocycles. The van der Waals surface area contributed by atoms with Crippen molar-refractivity contribution in [3.8, 4) is 11.4 Å². The Hall–Kier alpha value is -1.79. The van der Waals surface area contributed by atoms with Gasteiger partial charge in [0.2, 0.25) is 0 Å². The van der Waals surface area contributed by atoms with Crippen molar-refractivity contribution in [1.29, 1.82) is 0 Å². The molecule has 0 aliphatic carbocycles. The van der Waals surface area contributed by atoms with E-state index in [1.54, 1.807) is 12.4 Å². The Bertz CT molecular complexity index is 793. The molecule has 3 aromatic rings. The molecule has 0 fully saturated rings. The summed E-state index contributed by atoms with van der Waals surface area (Å²) in [5.74, 6) is 0.817. The van der Waals surface area contributed by atoms with Crippen LogP contribution in [-0.4, -0.2) is 19.7 Å². The second-order valence-electron chi connectivity index (χ2n) is 4.69. The number of hydrogen-bond donors (Lipinski definition) is 1. The molecule has 106 valence electrons. The van der Waals surface area contributed by atoms with Crippen molar-refractivity contribution in [3.63, 3.8) is 0 Å². The Morgan fingerprint density at radius 1 is 1.14 bits per heavy atom. The van der Waals surface area contributed by atoms with Crippen LogP contribution in [0, 0.1) is 4.77 Å². The lowest BCUT2D eigenvalue weighted by Gasteiger charge is -2.16. The van der Waals surface area contributed by atoms with Crippen LogP contribution < -0.4 is 0 Å². The molecule has 1 unspecified atom stereocenters. The minimum absolute atomic E-state index is 0.0903.